The van der Waals surface area contributed by atoms with E-state index in [-0.39, 0.29) is 0 Å². The second-order valence-electron chi connectivity index (χ2n) is 4.88. The highest BCUT2D eigenvalue weighted by atomic mass is 16.5. The Balaban J connectivity index is 2.34. The first-order chi connectivity index (χ1) is 9.02. The van der Waals surface area contributed by atoms with Gasteiger partial charge < -0.3 is 10.5 Å². The van der Waals surface area contributed by atoms with Gasteiger partial charge in [0.2, 0.25) is 5.88 Å². The third-order valence-corrected chi connectivity index (χ3v) is 3.25. The van der Waals surface area contributed by atoms with Crippen LogP contribution in [0.5, 0.6) is 11.6 Å². The molecule has 4 nitrogen and oxygen atoms in total. The lowest BCUT2D eigenvalue weighted by Gasteiger charge is -2.10. The maximum Gasteiger partial charge on any atom is 0.241 e. The number of aryl methyl sites for hydroxylation is 4. The van der Waals surface area contributed by atoms with Crippen LogP contribution < -0.4 is 10.5 Å². The molecule has 0 unspecified atom stereocenters. The quantitative estimate of drug-likeness (QED) is 0.912. The van der Waals surface area contributed by atoms with Crippen LogP contribution in [0.15, 0.2) is 18.2 Å². The minimum atomic E-state index is 0.617. The van der Waals surface area contributed by atoms with Crippen LogP contribution in [0.2, 0.25) is 0 Å². The average molecular weight is 259 g/mol. The topological polar surface area (TPSA) is 53.1 Å². The van der Waals surface area contributed by atoms with E-state index in [2.05, 4.69) is 25.9 Å². The molecule has 0 spiro atoms. The summed E-state index contributed by atoms with van der Waals surface area (Å²) in [5, 5.41) is 4.40. The third-order valence-electron chi connectivity index (χ3n) is 3.25. The zero-order valence-corrected chi connectivity index (χ0v) is 12.0. The van der Waals surface area contributed by atoms with Gasteiger partial charge in [0.15, 0.2) is 0 Å². The van der Waals surface area contributed by atoms with Gasteiger partial charge in [-0.15, -0.1) is 0 Å². The highest BCUT2D eigenvalue weighted by Crippen LogP contribution is 2.30. The van der Waals surface area contributed by atoms with Gasteiger partial charge in [-0.05, 0) is 50.5 Å². The number of nitrogen functional groups attached to an aromatic ring is 1. The second-order valence-corrected chi connectivity index (χ2v) is 4.88. The Hall–Kier alpha value is -1.97. The number of aromatic nitrogens is 2. The minimum Gasteiger partial charge on any atom is -0.437 e. The molecule has 1 aromatic heterocycles. The maximum absolute atomic E-state index is 6.04. The Morgan fingerprint density at radius 1 is 1.21 bits per heavy atom. The Kier molecular flexibility index (Phi) is 3.79. The molecule has 0 aliphatic rings. The van der Waals surface area contributed by atoms with Gasteiger partial charge in [0.25, 0.3) is 0 Å². The molecule has 1 heterocycles. The first-order valence-electron chi connectivity index (χ1n) is 6.61. The fourth-order valence-corrected chi connectivity index (χ4v) is 1.93. The molecule has 0 saturated heterocycles. The third kappa shape index (κ3) is 2.72. The largest absolute Gasteiger partial charge is 0.437 e. The van der Waals surface area contributed by atoms with Crippen LogP contribution in [-0.2, 0) is 6.54 Å². The molecular weight excluding hydrogens is 238 g/mol. The van der Waals surface area contributed by atoms with Crippen LogP contribution in [0.3, 0.4) is 0 Å². The van der Waals surface area contributed by atoms with Crippen molar-refractivity contribution in [1.82, 2.24) is 9.78 Å². The summed E-state index contributed by atoms with van der Waals surface area (Å²) in [7, 11) is 0. The van der Waals surface area contributed by atoms with Gasteiger partial charge in [0.05, 0.1) is 5.69 Å². The molecule has 0 amide bonds. The van der Waals surface area contributed by atoms with Gasteiger partial charge in [-0.2, -0.15) is 5.10 Å². The number of rotatable bonds is 4. The van der Waals surface area contributed by atoms with E-state index < -0.39 is 0 Å². The molecule has 2 aromatic rings. The van der Waals surface area contributed by atoms with Gasteiger partial charge in [0.1, 0.15) is 11.4 Å². The van der Waals surface area contributed by atoms with Crippen LogP contribution in [0.4, 0.5) is 5.69 Å². The molecule has 19 heavy (non-hydrogen) atoms. The summed E-state index contributed by atoms with van der Waals surface area (Å²) < 4.78 is 7.76. The van der Waals surface area contributed by atoms with Gasteiger partial charge in [0, 0.05) is 6.54 Å². The van der Waals surface area contributed by atoms with E-state index in [4.69, 9.17) is 10.5 Å². The highest BCUT2D eigenvalue weighted by Gasteiger charge is 2.14. The predicted octanol–water partition coefficient (Wildman–Crippen LogP) is 3.59. The molecule has 102 valence electrons. The van der Waals surface area contributed by atoms with Crippen LogP contribution in [0, 0.1) is 20.8 Å². The van der Waals surface area contributed by atoms with E-state index in [0.29, 0.717) is 11.6 Å². The molecule has 0 aliphatic carbocycles. The van der Waals surface area contributed by atoms with Gasteiger partial charge in [-0.3, -0.25) is 0 Å². The van der Waals surface area contributed by atoms with Gasteiger partial charge in [-0.25, -0.2) is 4.68 Å². The zero-order chi connectivity index (χ0) is 14.0. The van der Waals surface area contributed by atoms with Crippen molar-refractivity contribution in [2.75, 3.05) is 5.73 Å². The maximum atomic E-state index is 6.04. The smallest absolute Gasteiger partial charge is 0.241 e. The van der Waals surface area contributed by atoms with Crippen LogP contribution in [-0.4, -0.2) is 9.78 Å². The Bertz CT molecular complexity index is 587. The number of hydrogen-bond donors (Lipinski definition) is 1. The van der Waals surface area contributed by atoms with Crippen molar-refractivity contribution in [3.63, 3.8) is 0 Å². The van der Waals surface area contributed by atoms with E-state index in [9.17, 15) is 0 Å². The standard InChI is InChI=1S/C15H21N3O/c1-5-8-18-15(14(16)12(4)17-18)19-13-7-6-10(2)11(3)9-13/h6-7,9H,5,8,16H2,1-4H3. The summed E-state index contributed by atoms with van der Waals surface area (Å²) in [5.41, 5.74) is 9.92. The molecule has 0 saturated carbocycles. The number of benzene rings is 1. The van der Waals surface area contributed by atoms with Crippen LogP contribution in [0.25, 0.3) is 0 Å². The van der Waals surface area contributed by atoms with Gasteiger partial charge in [-0.1, -0.05) is 13.0 Å². The molecule has 0 aliphatic heterocycles. The average Bonchev–Trinajstić information content (AvgIpc) is 2.62. The Morgan fingerprint density at radius 2 is 1.95 bits per heavy atom. The molecule has 2 rings (SSSR count). The molecule has 4 heteroatoms. The molecule has 0 fully saturated rings. The number of ether oxygens (including phenoxy) is 1. The van der Waals surface area contributed by atoms with Crippen molar-refractivity contribution >= 4 is 5.69 Å². The van der Waals surface area contributed by atoms with Crippen LogP contribution in [0.1, 0.15) is 30.2 Å². The Labute approximate surface area is 114 Å². The lowest BCUT2D eigenvalue weighted by molar-refractivity contribution is 0.410. The summed E-state index contributed by atoms with van der Waals surface area (Å²) in [4.78, 5) is 0. The molecule has 0 atom stereocenters. The van der Waals surface area contributed by atoms with Gasteiger partial charge >= 0.3 is 0 Å². The van der Waals surface area contributed by atoms with Crippen molar-refractivity contribution in [3.05, 3.63) is 35.0 Å². The van der Waals surface area contributed by atoms with E-state index in [0.717, 1.165) is 24.4 Å². The highest BCUT2D eigenvalue weighted by molar-refractivity contribution is 5.54. The number of nitrogens with zero attached hydrogens (tertiary/aromatic N) is 2. The monoisotopic (exact) mass is 259 g/mol. The fraction of sp³-hybridized carbons (Fsp3) is 0.400. The first-order valence-corrected chi connectivity index (χ1v) is 6.61. The minimum absolute atomic E-state index is 0.617. The molecular formula is C15H21N3O. The predicted molar refractivity (Wildman–Crippen MR) is 77.7 cm³/mol. The van der Waals surface area contributed by atoms with Crippen molar-refractivity contribution in [2.24, 2.45) is 0 Å². The van der Waals surface area contributed by atoms with Crippen molar-refractivity contribution in [1.29, 1.82) is 0 Å². The number of nitrogens with two attached hydrogens (primary N) is 1. The normalized spacial score (nSPS) is 10.7. The Morgan fingerprint density at radius 3 is 2.58 bits per heavy atom. The lowest BCUT2D eigenvalue weighted by Crippen LogP contribution is -2.02. The SMILES string of the molecule is CCCn1nc(C)c(N)c1Oc1ccc(C)c(C)c1. The summed E-state index contributed by atoms with van der Waals surface area (Å²) in [6, 6.07) is 6.03. The van der Waals surface area contributed by atoms with Crippen molar-refractivity contribution in [3.8, 4) is 11.6 Å². The van der Waals surface area contributed by atoms with E-state index in [1.54, 1.807) is 0 Å². The number of anilines is 1. The van der Waals surface area contributed by atoms with Crippen molar-refractivity contribution in [2.45, 2.75) is 40.7 Å². The van der Waals surface area contributed by atoms with E-state index in [1.807, 2.05) is 29.8 Å². The summed E-state index contributed by atoms with van der Waals surface area (Å²) in [6.07, 6.45) is 0.990. The molecule has 1 aromatic carbocycles. The van der Waals surface area contributed by atoms with E-state index >= 15 is 0 Å². The number of hydrogen-bond acceptors (Lipinski definition) is 3. The first kappa shape index (κ1) is 13.5. The molecule has 0 bridgehead atoms. The van der Waals surface area contributed by atoms with Crippen LogP contribution >= 0.6 is 0 Å². The summed E-state index contributed by atoms with van der Waals surface area (Å²) >= 11 is 0. The molecule has 0 radical (unpaired) electrons. The second kappa shape index (κ2) is 5.34. The zero-order valence-electron chi connectivity index (χ0n) is 12.0. The fourth-order valence-electron chi connectivity index (χ4n) is 1.93. The summed E-state index contributed by atoms with van der Waals surface area (Å²) in [6.45, 7) is 8.96. The molecule has 2 N–H and O–H groups in total. The summed E-state index contributed by atoms with van der Waals surface area (Å²) in [5.74, 6) is 1.44. The lowest BCUT2D eigenvalue weighted by atomic mass is 10.1. The van der Waals surface area contributed by atoms with E-state index in [1.165, 1.54) is 11.1 Å². The van der Waals surface area contributed by atoms with Crippen molar-refractivity contribution < 1.29 is 4.74 Å².